The molecular formula is C19H17ClFN5O. The molecule has 0 bridgehead atoms. The van der Waals surface area contributed by atoms with Crippen LogP contribution in [0, 0.1) is 12.7 Å². The standard InChI is InChI=1S/C19H17ClFN5O/c1-13-17(11-22-24-19(27)23-16-5-3-2-4-6-16)18(20)26(25-13)12-14-7-9-15(21)10-8-14/h2-11H,12H2,1H3,(H2,23,24,27)/b22-11-. The molecule has 8 heteroatoms. The van der Waals surface area contributed by atoms with Crippen molar-refractivity contribution in [2.24, 2.45) is 5.10 Å². The highest BCUT2D eigenvalue weighted by Crippen LogP contribution is 2.19. The Labute approximate surface area is 160 Å². The van der Waals surface area contributed by atoms with Crippen LogP contribution in [-0.4, -0.2) is 22.0 Å². The van der Waals surface area contributed by atoms with Gasteiger partial charge in [0.1, 0.15) is 11.0 Å². The number of aryl methyl sites for hydroxylation is 1. The topological polar surface area (TPSA) is 71.3 Å². The summed E-state index contributed by atoms with van der Waals surface area (Å²) in [6, 6.07) is 14.7. The molecule has 0 spiro atoms. The van der Waals surface area contributed by atoms with E-state index in [1.54, 1.807) is 35.9 Å². The van der Waals surface area contributed by atoms with Crippen molar-refractivity contribution in [1.29, 1.82) is 0 Å². The number of carbonyl (C=O) groups excluding carboxylic acids is 1. The Bertz CT molecular complexity index is 954. The van der Waals surface area contributed by atoms with Crippen molar-refractivity contribution >= 4 is 29.5 Å². The zero-order valence-electron chi connectivity index (χ0n) is 14.5. The molecule has 0 aliphatic heterocycles. The number of nitrogens with zero attached hydrogens (tertiary/aromatic N) is 3. The van der Waals surface area contributed by atoms with E-state index in [4.69, 9.17) is 11.6 Å². The van der Waals surface area contributed by atoms with Crippen molar-refractivity contribution in [2.45, 2.75) is 13.5 Å². The fraction of sp³-hybridized carbons (Fsp3) is 0.105. The summed E-state index contributed by atoms with van der Waals surface area (Å²) in [5.74, 6) is -0.297. The van der Waals surface area contributed by atoms with Crippen LogP contribution >= 0.6 is 11.6 Å². The lowest BCUT2D eigenvalue weighted by atomic mass is 10.2. The summed E-state index contributed by atoms with van der Waals surface area (Å²) in [5.41, 5.74) is 5.16. The first-order chi connectivity index (χ1) is 13.0. The second kappa shape index (κ2) is 8.46. The van der Waals surface area contributed by atoms with Crippen LogP contribution in [0.4, 0.5) is 14.9 Å². The van der Waals surface area contributed by atoms with Gasteiger partial charge in [-0.15, -0.1) is 0 Å². The van der Waals surface area contributed by atoms with Crippen LogP contribution in [0.25, 0.3) is 0 Å². The summed E-state index contributed by atoms with van der Waals surface area (Å²) >= 11 is 6.36. The Morgan fingerprint density at radius 2 is 1.93 bits per heavy atom. The lowest BCUT2D eigenvalue weighted by Gasteiger charge is -2.04. The second-order valence-corrected chi connectivity index (χ2v) is 6.12. The summed E-state index contributed by atoms with van der Waals surface area (Å²) in [5, 5.41) is 11.3. The van der Waals surface area contributed by atoms with E-state index in [1.807, 2.05) is 18.2 Å². The van der Waals surface area contributed by atoms with Gasteiger partial charge in [0.15, 0.2) is 0 Å². The predicted octanol–water partition coefficient (Wildman–Crippen LogP) is 4.19. The van der Waals surface area contributed by atoms with E-state index < -0.39 is 6.03 Å². The first-order valence-corrected chi connectivity index (χ1v) is 8.53. The van der Waals surface area contributed by atoms with Crippen LogP contribution in [-0.2, 0) is 6.54 Å². The lowest BCUT2D eigenvalue weighted by molar-refractivity contribution is 0.252. The zero-order valence-corrected chi connectivity index (χ0v) is 15.2. The number of urea groups is 1. The molecule has 0 unspecified atom stereocenters. The highest BCUT2D eigenvalue weighted by Gasteiger charge is 2.12. The molecule has 3 rings (SSSR count). The Morgan fingerprint density at radius 1 is 1.22 bits per heavy atom. The molecule has 0 atom stereocenters. The van der Waals surface area contributed by atoms with Crippen molar-refractivity contribution in [1.82, 2.24) is 15.2 Å². The van der Waals surface area contributed by atoms with Crippen LogP contribution < -0.4 is 10.7 Å². The smallest absolute Gasteiger partial charge is 0.307 e. The number of nitrogens with one attached hydrogen (secondary N) is 2. The lowest BCUT2D eigenvalue weighted by Crippen LogP contribution is -2.24. The molecule has 6 nitrogen and oxygen atoms in total. The Hall–Kier alpha value is -3.19. The average Bonchev–Trinajstić information content (AvgIpc) is 2.92. The first-order valence-electron chi connectivity index (χ1n) is 8.15. The molecule has 2 aromatic carbocycles. The number of hydrogen-bond donors (Lipinski definition) is 2. The molecule has 27 heavy (non-hydrogen) atoms. The Balaban J connectivity index is 1.64. The van der Waals surface area contributed by atoms with E-state index in [1.165, 1.54) is 18.3 Å². The number of hydrazone groups is 1. The Morgan fingerprint density at radius 3 is 2.63 bits per heavy atom. The summed E-state index contributed by atoms with van der Waals surface area (Å²) < 4.78 is 14.6. The van der Waals surface area contributed by atoms with Crippen LogP contribution in [0.3, 0.4) is 0 Å². The van der Waals surface area contributed by atoms with Crippen molar-refractivity contribution in [3.8, 4) is 0 Å². The van der Waals surface area contributed by atoms with Gasteiger partial charge in [-0.1, -0.05) is 41.9 Å². The number of para-hydroxylation sites is 1. The van der Waals surface area contributed by atoms with Crippen LogP contribution in [0.2, 0.25) is 5.15 Å². The van der Waals surface area contributed by atoms with Crippen molar-refractivity contribution in [3.05, 3.63) is 82.4 Å². The van der Waals surface area contributed by atoms with Crippen molar-refractivity contribution in [3.63, 3.8) is 0 Å². The van der Waals surface area contributed by atoms with Crippen LogP contribution in [0.15, 0.2) is 59.7 Å². The number of hydrogen-bond acceptors (Lipinski definition) is 3. The van der Waals surface area contributed by atoms with E-state index in [9.17, 15) is 9.18 Å². The van der Waals surface area contributed by atoms with Crippen LogP contribution in [0.5, 0.6) is 0 Å². The largest absolute Gasteiger partial charge is 0.339 e. The number of halogens is 2. The number of rotatable bonds is 5. The minimum Gasteiger partial charge on any atom is -0.307 e. The summed E-state index contributed by atoms with van der Waals surface area (Å²) in [6.07, 6.45) is 1.44. The number of amides is 2. The molecule has 0 fully saturated rings. The number of aromatic nitrogens is 2. The molecule has 0 radical (unpaired) electrons. The maximum atomic E-state index is 13.0. The molecule has 138 valence electrons. The van der Waals surface area contributed by atoms with Gasteiger partial charge in [-0.25, -0.2) is 19.3 Å². The van der Waals surface area contributed by atoms with Gasteiger partial charge in [-0.2, -0.15) is 10.2 Å². The van der Waals surface area contributed by atoms with E-state index >= 15 is 0 Å². The molecular weight excluding hydrogens is 369 g/mol. The quantitative estimate of drug-likeness (QED) is 0.510. The summed E-state index contributed by atoms with van der Waals surface area (Å²) in [4.78, 5) is 11.8. The molecule has 0 saturated carbocycles. The molecule has 1 aromatic heterocycles. The molecule has 1 heterocycles. The molecule has 0 saturated heterocycles. The fourth-order valence-electron chi connectivity index (χ4n) is 2.42. The average molecular weight is 386 g/mol. The van der Waals surface area contributed by atoms with Gasteiger partial charge in [-0.05, 0) is 36.8 Å². The van der Waals surface area contributed by atoms with Crippen molar-refractivity contribution in [2.75, 3.05) is 5.32 Å². The van der Waals surface area contributed by atoms with Gasteiger partial charge in [0.05, 0.1) is 24.0 Å². The highest BCUT2D eigenvalue weighted by molar-refractivity contribution is 6.32. The zero-order chi connectivity index (χ0) is 19.2. The SMILES string of the molecule is Cc1nn(Cc2ccc(F)cc2)c(Cl)c1/C=N\NC(=O)Nc1ccccc1. The van der Waals surface area contributed by atoms with E-state index in [0.29, 0.717) is 28.6 Å². The molecule has 3 aromatic rings. The van der Waals surface area contributed by atoms with Gasteiger partial charge in [0.2, 0.25) is 0 Å². The van der Waals surface area contributed by atoms with E-state index in [2.05, 4.69) is 20.9 Å². The highest BCUT2D eigenvalue weighted by atomic mass is 35.5. The number of anilines is 1. The van der Waals surface area contributed by atoms with Gasteiger partial charge >= 0.3 is 6.03 Å². The maximum absolute atomic E-state index is 13.0. The summed E-state index contributed by atoms with van der Waals surface area (Å²) in [6.45, 7) is 2.19. The van der Waals surface area contributed by atoms with Gasteiger partial charge in [0.25, 0.3) is 0 Å². The van der Waals surface area contributed by atoms with Crippen LogP contribution in [0.1, 0.15) is 16.8 Å². The first kappa shape index (κ1) is 18.6. The summed E-state index contributed by atoms with van der Waals surface area (Å²) in [7, 11) is 0. The third-order valence-electron chi connectivity index (χ3n) is 3.75. The second-order valence-electron chi connectivity index (χ2n) is 5.76. The fourth-order valence-corrected chi connectivity index (χ4v) is 2.70. The molecule has 2 amide bonds. The third-order valence-corrected chi connectivity index (χ3v) is 4.15. The molecule has 0 aliphatic rings. The normalized spacial score (nSPS) is 10.9. The van der Waals surface area contributed by atoms with Gasteiger partial charge in [0, 0.05) is 5.69 Å². The number of benzene rings is 2. The predicted molar refractivity (Wildman–Crippen MR) is 104 cm³/mol. The monoisotopic (exact) mass is 385 g/mol. The minimum atomic E-state index is -0.468. The Kier molecular flexibility index (Phi) is 5.83. The number of carbonyl (C=O) groups is 1. The molecule has 0 aliphatic carbocycles. The van der Waals surface area contributed by atoms with E-state index in [0.717, 1.165) is 5.56 Å². The minimum absolute atomic E-state index is 0.297. The van der Waals surface area contributed by atoms with Crippen molar-refractivity contribution < 1.29 is 9.18 Å². The van der Waals surface area contributed by atoms with Gasteiger partial charge in [-0.3, -0.25) is 0 Å². The third kappa shape index (κ3) is 4.92. The van der Waals surface area contributed by atoms with E-state index in [-0.39, 0.29) is 5.82 Å². The molecule has 2 N–H and O–H groups in total. The van der Waals surface area contributed by atoms with Gasteiger partial charge < -0.3 is 5.32 Å². The maximum Gasteiger partial charge on any atom is 0.339 e.